The van der Waals surface area contributed by atoms with Gasteiger partial charge in [0.15, 0.2) is 0 Å². The van der Waals surface area contributed by atoms with Crippen molar-refractivity contribution in [2.24, 2.45) is 0 Å². The highest BCUT2D eigenvalue weighted by atomic mass is 16.4. The zero-order valence-corrected chi connectivity index (χ0v) is 12.1. The molecule has 0 aliphatic carbocycles. The molecule has 0 spiro atoms. The topological polar surface area (TPSA) is 40.1 Å². The van der Waals surface area contributed by atoms with E-state index in [0.29, 0.717) is 6.42 Å². The highest BCUT2D eigenvalue weighted by Gasteiger charge is 2.10. The smallest absolute Gasteiger partial charge is 0.0414 e. The van der Waals surface area contributed by atoms with Crippen LogP contribution in [-0.4, -0.2) is 5.97 Å². The van der Waals surface area contributed by atoms with Gasteiger partial charge in [0.1, 0.15) is 0 Å². The molecule has 0 saturated carbocycles. The minimum Gasteiger partial charge on any atom is -0.550 e. The maximum absolute atomic E-state index is 10.6. The molecule has 0 radical (unpaired) electrons. The van der Waals surface area contributed by atoms with Gasteiger partial charge in [-0.05, 0) is 57.1 Å². The second kappa shape index (κ2) is 4.99. The summed E-state index contributed by atoms with van der Waals surface area (Å²) in [6, 6.07) is 19.3. The first-order valence-electron chi connectivity index (χ1n) is 7.59. The minimum absolute atomic E-state index is 0.113. The number of benzene rings is 4. The van der Waals surface area contributed by atoms with Crippen LogP contribution in [0.5, 0.6) is 0 Å². The molecular weight excluding hydrogens is 272 g/mol. The molecule has 4 aromatic carbocycles. The Hall–Kier alpha value is -2.61. The van der Waals surface area contributed by atoms with E-state index in [0.717, 1.165) is 6.42 Å². The first-order valence-corrected chi connectivity index (χ1v) is 7.59. The summed E-state index contributed by atoms with van der Waals surface area (Å²) < 4.78 is 0. The number of carboxylic acids is 1. The summed E-state index contributed by atoms with van der Waals surface area (Å²) in [5.74, 6) is -0.974. The van der Waals surface area contributed by atoms with Crippen LogP contribution in [0.2, 0.25) is 0 Å². The first-order chi connectivity index (χ1) is 10.7. The molecule has 2 heteroatoms. The van der Waals surface area contributed by atoms with Crippen LogP contribution >= 0.6 is 0 Å². The Morgan fingerprint density at radius 2 is 1.45 bits per heavy atom. The molecule has 4 rings (SSSR count). The molecule has 2 nitrogen and oxygen atoms in total. The summed E-state index contributed by atoms with van der Waals surface area (Å²) in [6.07, 6.45) is 1.50. The van der Waals surface area contributed by atoms with E-state index in [1.165, 1.54) is 37.9 Å². The van der Waals surface area contributed by atoms with Gasteiger partial charge in [0.05, 0.1) is 0 Å². The predicted octanol–water partition coefficient (Wildman–Crippen LogP) is 3.66. The van der Waals surface area contributed by atoms with Gasteiger partial charge in [0, 0.05) is 5.97 Å². The SMILES string of the molecule is O=C([O-])CCCc1ccc2ccc3cccc4ccc1c2c34. The molecule has 0 atom stereocenters. The van der Waals surface area contributed by atoms with Crippen molar-refractivity contribution in [2.45, 2.75) is 19.3 Å². The second-order valence-corrected chi connectivity index (χ2v) is 5.81. The molecule has 0 fully saturated rings. The molecule has 4 aromatic rings. The van der Waals surface area contributed by atoms with E-state index in [1.807, 2.05) is 0 Å². The molecule has 0 aromatic heterocycles. The third kappa shape index (κ3) is 2.00. The predicted molar refractivity (Wildman–Crippen MR) is 88.1 cm³/mol. The van der Waals surface area contributed by atoms with Crippen LogP contribution in [0.4, 0.5) is 0 Å². The Kier molecular flexibility index (Phi) is 2.97. The number of rotatable bonds is 4. The largest absolute Gasteiger partial charge is 0.550 e. The van der Waals surface area contributed by atoms with Gasteiger partial charge in [-0.2, -0.15) is 0 Å². The van der Waals surface area contributed by atoms with Gasteiger partial charge in [-0.25, -0.2) is 0 Å². The summed E-state index contributed by atoms with van der Waals surface area (Å²) in [4.78, 5) is 10.6. The second-order valence-electron chi connectivity index (χ2n) is 5.81. The Balaban J connectivity index is 1.94. The van der Waals surface area contributed by atoms with E-state index < -0.39 is 5.97 Å². The average molecular weight is 287 g/mol. The van der Waals surface area contributed by atoms with Crippen molar-refractivity contribution in [1.29, 1.82) is 0 Å². The van der Waals surface area contributed by atoms with Gasteiger partial charge in [0.2, 0.25) is 0 Å². The fourth-order valence-corrected chi connectivity index (χ4v) is 3.44. The normalized spacial score (nSPS) is 11.6. The van der Waals surface area contributed by atoms with Crippen molar-refractivity contribution in [3.05, 3.63) is 60.2 Å². The Bertz CT molecular complexity index is 969. The van der Waals surface area contributed by atoms with Gasteiger partial charge in [-0.15, -0.1) is 0 Å². The molecule has 0 aliphatic rings. The number of carbonyl (C=O) groups is 1. The molecule has 0 aliphatic heterocycles. The van der Waals surface area contributed by atoms with Gasteiger partial charge in [-0.1, -0.05) is 54.6 Å². The molecule has 108 valence electrons. The summed E-state index contributed by atoms with van der Waals surface area (Å²) in [5.41, 5.74) is 1.21. The molecule has 0 heterocycles. The van der Waals surface area contributed by atoms with E-state index in [2.05, 4.69) is 54.6 Å². The lowest BCUT2D eigenvalue weighted by molar-refractivity contribution is -0.305. The fourth-order valence-electron chi connectivity index (χ4n) is 3.44. The van der Waals surface area contributed by atoms with Gasteiger partial charge in [-0.3, -0.25) is 0 Å². The van der Waals surface area contributed by atoms with E-state index in [9.17, 15) is 9.90 Å². The summed E-state index contributed by atoms with van der Waals surface area (Å²) in [5, 5.41) is 18.2. The maximum Gasteiger partial charge on any atom is 0.0414 e. The van der Waals surface area contributed by atoms with Crippen molar-refractivity contribution < 1.29 is 9.90 Å². The maximum atomic E-state index is 10.6. The van der Waals surface area contributed by atoms with E-state index in [4.69, 9.17) is 0 Å². The van der Waals surface area contributed by atoms with Crippen molar-refractivity contribution in [2.75, 3.05) is 0 Å². The van der Waals surface area contributed by atoms with Gasteiger partial charge >= 0.3 is 0 Å². The lowest BCUT2D eigenvalue weighted by atomic mass is 9.90. The highest BCUT2D eigenvalue weighted by molar-refractivity contribution is 6.23. The van der Waals surface area contributed by atoms with Gasteiger partial charge in [0.25, 0.3) is 0 Å². The summed E-state index contributed by atoms with van der Waals surface area (Å²) >= 11 is 0. The summed E-state index contributed by atoms with van der Waals surface area (Å²) in [7, 11) is 0. The van der Waals surface area contributed by atoms with E-state index in [-0.39, 0.29) is 6.42 Å². The van der Waals surface area contributed by atoms with Crippen LogP contribution in [0.1, 0.15) is 18.4 Å². The molecule has 0 amide bonds. The minimum atomic E-state index is -0.974. The number of hydrogen-bond acceptors (Lipinski definition) is 2. The number of aryl methyl sites for hydroxylation is 1. The molecular formula is C20H15O2-. The lowest BCUT2D eigenvalue weighted by Crippen LogP contribution is -2.21. The third-order valence-corrected chi connectivity index (χ3v) is 4.45. The average Bonchev–Trinajstić information content (AvgIpc) is 2.53. The molecule has 0 saturated heterocycles. The summed E-state index contributed by atoms with van der Waals surface area (Å²) in [6.45, 7) is 0. The quantitative estimate of drug-likeness (QED) is 0.537. The zero-order valence-electron chi connectivity index (χ0n) is 12.1. The van der Waals surface area contributed by atoms with Crippen LogP contribution < -0.4 is 5.11 Å². The Morgan fingerprint density at radius 3 is 2.18 bits per heavy atom. The fraction of sp³-hybridized carbons (Fsp3) is 0.150. The number of hydrogen-bond donors (Lipinski definition) is 0. The first kappa shape index (κ1) is 13.1. The van der Waals surface area contributed by atoms with Crippen LogP contribution in [0, 0.1) is 0 Å². The van der Waals surface area contributed by atoms with E-state index >= 15 is 0 Å². The van der Waals surface area contributed by atoms with Crippen LogP contribution in [-0.2, 0) is 11.2 Å². The standard InChI is InChI=1S/C20H16O2/c21-18(22)6-2-3-13-7-8-16-10-9-14-4-1-5-15-11-12-17(13)20(16)19(14)15/h1,4-5,7-12H,2-3,6H2,(H,21,22)/p-1. The van der Waals surface area contributed by atoms with Crippen molar-refractivity contribution in [1.82, 2.24) is 0 Å². The monoisotopic (exact) mass is 287 g/mol. The van der Waals surface area contributed by atoms with Crippen LogP contribution in [0.25, 0.3) is 32.3 Å². The van der Waals surface area contributed by atoms with Crippen molar-refractivity contribution >= 4 is 38.3 Å². The van der Waals surface area contributed by atoms with Crippen molar-refractivity contribution in [3.63, 3.8) is 0 Å². The highest BCUT2D eigenvalue weighted by Crippen LogP contribution is 2.36. The zero-order chi connectivity index (χ0) is 15.1. The van der Waals surface area contributed by atoms with Crippen molar-refractivity contribution in [3.8, 4) is 0 Å². The number of carboxylic acid groups (broad SMARTS) is 1. The Labute approximate surface area is 128 Å². The third-order valence-electron chi connectivity index (χ3n) is 4.45. The van der Waals surface area contributed by atoms with Crippen LogP contribution in [0.15, 0.2) is 54.6 Å². The number of carbonyl (C=O) groups excluding carboxylic acids is 1. The van der Waals surface area contributed by atoms with E-state index in [1.54, 1.807) is 0 Å². The molecule has 0 N–H and O–H groups in total. The molecule has 0 unspecified atom stereocenters. The van der Waals surface area contributed by atoms with Crippen LogP contribution in [0.3, 0.4) is 0 Å². The lowest BCUT2D eigenvalue weighted by Gasteiger charge is -2.14. The van der Waals surface area contributed by atoms with Gasteiger partial charge < -0.3 is 9.90 Å². The molecule has 0 bridgehead atoms. The Morgan fingerprint density at radius 1 is 0.818 bits per heavy atom. The number of aliphatic carboxylic acids is 1. The molecule has 22 heavy (non-hydrogen) atoms.